The van der Waals surface area contributed by atoms with Crippen molar-refractivity contribution < 1.29 is 4.74 Å². The van der Waals surface area contributed by atoms with Crippen LogP contribution in [0.5, 0.6) is 0 Å². The quantitative estimate of drug-likeness (QED) is 0.636. The van der Waals surface area contributed by atoms with Gasteiger partial charge in [-0.25, -0.2) is 0 Å². The highest BCUT2D eigenvalue weighted by Gasteiger charge is 2.32. The van der Waals surface area contributed by atoms with Crippen LogP contribution in [0.25, 0.3) is 0 Å². The van der Waals surface area contributed by atoms with Crippen molar-refractivity contribution in [2.45, 2.75) is 45.3 Å². The Kier molecular flexibility index (Phi) is 4.38. The number of hydrogen-bond acceptors (Lipinski definition) is 3. The Hall–Kier alpha value is -0.900. The normalized spacial score (nSPS) is 25.6. The minimum absolute atomic E-state index is 0.0868. The lowest BCUT2D eigenvalue weighted by Gasteiger charge is -2.26. The van der Waals surface area contributed by atoms with Crippen LogP contribution in [0, 0.1) is 5.92 Å². The zero-order valence-corrected chi connectivity index (χ0v) is 11.5. The van der Waals surface area contributed by atoms with E-state index in [1.807, 2.05) is 0 Å². The summed E-state index contributed by atoms with van der Waals surface area (Å²) in [6.07, 6.45) is 1.30. The summed E-state index contributed by atoms with van der Waals surface area (Å²) in [6, 6.07) is 8.78. The summed E-state index contributed by atoms with van der Waals surface area (Å²) in [7, 11) is 0. The van der Waals surface area contributed by atoms with E-state index in [-0.39, 0.29) is 12.1 Å². The maximum atomic E-state index is 5.81. The van der Waals surface area contributed by atoms with Crippen molar-refractivity contribution in [3.63, 3.8) is 0 Å². The van der Waals surface area contributed by atoms with E-state index in [4.69, 9.17) is 10.6 Å². The number of ether oxygens (including phenoxy) is 1. The second-order valence-electron chi connectivity index (χ2n) is 5.57. The predicted molar refractivity (Wildman–Crippen MR) is 74.1 cm³/mol. The molecule has 3 atom stereocenters. The Balaban J connectivity index is 2.17. The van der Waals surface area contributed by atoms with Crippen LogP contribution in [0.15, 0.2) is 24.3 Å². The molecule has 0 spiro atoms. The summed E-state index contributed by atoms with van der Waals surface area (Å²) in [4.78, 5) is 0. The average molecular weight is 248 g/mol. The zero-order chi connectivity index (χ0) is 13.1. The largest absolute Gasteiger partial charge is 0.376 e. The van der Waals surface area contributed by atoms with Gasteiger partial charge in [0.1, 0.15) is 0 Å². The number of nitrogens with two attached hydrogens (primary N) is 1. The highest BCUT2D eigenvalue weighted by atomic mass is 16.5. The third-order valence-corrected chi connectivity index (χ3v) is 3.91. The van der Waals surface area contributed by atoms with Gasteiger partial charge in [-0.2, -0.15) is 0 Å². The molecule has 3 unspecified atom stereocenters. The van der Waals surface area contributed by atoms with Crippen LogP contribution in [-0.4, -0.2) is 12.7 Å². The molecule has 3 heteroatoms. The molecule has 1 aliphatic rings. The SMILES string of the molecule is CC(C)c1ccc(C(NN)C2OCCC2C)cc1. The first kappa shape index (κ1) is 13.5. The molecule has 1 aliphatic heterocycles. The molecule has 2 rings (SSSR count). The van der Waals surface area contributed by atoms with Gasteiger partial charge in [-0.3, -0.25) is 11.3 Å². The molecule has 3 N–H and O–H groups in total. The van der Waals surface area contributed by atoms with E-state index in [0.29, 0.717) is 11.8 Å². The summed E-state index contributed by atoms with van der Waals surface area (Å²) < 4.78 is 5.81. The summed E-state index contributed by atoms with van der Waals surface area (Å²) >= 11 is 0. The highest BCUT2D eigenvalue weighted by Crippen LogP contribution is 2.31. The molecule has 18 heavy (non-hydrogen) atoms. The van der Waals surface area contributed by atoms with Crippen LogP contribution in [-0.2, 0) is 4.74 Å². The number of nitrogens with one attached hydrogen (secondary N) is 1. The number of hydrogen-bond donors (Lipinski definition) is 2. The van der Waals surface area contributed by atoms with Gasteiger partial charge in [-0.05, 0) is 29.4 Å². The van der Waals surface area contributed by atoms with E-state index in [0.717, 1.165) is 13.0 Å². The minimum atomic E-state index is 0.0868. The molecular weight excluding hydrogens is 224 g/mol. The molecule has 0 amide bonds. The molecule has 0 saturated carbocycles. The molecule has 1 aromatic rings. The first-order valence-corrected chi connectivity index (χ1v) is 6.81. The molecule has 1 fully saturated rings. The first-order valence-electron chi connectivity index (χ1n) is 6.81. The standard InChI is InChI=1S/C15H24N2O/c1-10(2)12-4-6-13(7-5-12)14(17-16)15-11(3)8-9-18-15/h4-7,10-11,14-15,17H,8-9,16H2,1-3H3. The van der Waals surface area contributed by atoms with Crippen LogP contribution in [0.4, 0.5) is 0 Å². The summed E-state index contributed by atoms with van der Waals surface area (Å²) in [5.74, 6) is 6.83. The maximum Gasteiger partial charge on any atom is 0.0808 e. The third kappa shape index (κ3) is 2.74. The van der Waals surface area contributed by atoms with Gasteiger partial charge in [-0.1, -0.05) is 45.0 Å². The molecular formula is C15H24N2O. The van der Waals surface area contributed by atoms with Crippen LogP contribution >= 0.6 is 0 Å². The van der Waals surface area contributed by atoms with Crippen molar-refractivity contribution in [2.24, 2.45) is 11.8 Å². The van der Waals surface area contributed by atoms with Gasteiger partial charge in [0.15, 0.2) is 0 Å². The van der Waals surface area contributed by atoms with E-state index in [1.165, 1.54) is 11.1 Å². The predicted octanol–water partition coefficient (Wildman–Crippen LogP) is 2.74. The van der Waals surface area contributed by atoms with Crippen molar-refractivity contribution in [1.29, 1.82) is 0 Å². The molecule has 3 nitrogen and oxygen atoms in total. The summed E-state index contributed by atoms with van der Waals surface area (Å²) in [5, 5.41) is 0. The van der Waals surface area contributed by atoms with E-state index in [1.54, 1.807) is 0 Å². The zero-order valence-electron chi connectivity index (χ0n) is 11.5. The summed E-state index contributed by atoms with van der Waals surface area (Å²) in [6.45, 7) is 7.48. The molecule has 100 valence electrons. The van der Waals surface area contributed by atoms with E-state index in [9.17, 15) is 0 Å². The molecule has 1 heterocycles. The Labute approximate surface area is 110 Å². The molecule has 1 aromatic carbocycles. The molecule has 1 saturated heterocycles. The molecule has 0 radical (unpaired) electrons. The van der Waals surface area contributed by atoms with Crippen LogP contribution in [0.2, 0.25) is 0 Å². The van der Waals surface area contributed by atoms with Crippen LogP contribution in [0.3, 0.4) is 0 Å². The minimum Gasteiger partial charge on any atom is -0.376 e. The van der Waals surface area contributed by atoms with Crippen molar-refractivity contribution >= 4 is 0 Å². The molecule has 0 bridgehead atoms. The van der Waals surface area contributed by atoms with Crippen molar-refractivity contribution in [3.05, 3.63) is 35.4 Å². The van der Waals surface area contributed by atoms with Gasteiger partial charge in [0.25, 0.3) is 0 Å². The lowest BCUT2D eigenvalue weighted by atomic mass is 9.91. The Morgan fingerprint density at radius 1 is 1.22 bits per heavy atom. The molecule has 0 aliphatic carbocycles. The monoisotopic (exact) mass is 248 g/mol. The van der Waals surface area contributed by atoms with Crippen LogP contribution in [0.1, 0.15) is 50.3 Å². The third-order valence-electron chi connectivity index (χ3n) is 3.91. The second-order valence-corrected chi connectivity index (χ2v) is 5.57. The molecule has 0 aromatic heterocycles. The fourth-order valence-electron chi connectivity index (χ4n) is 2.61. The fourth-order valence-corrected chi connectivity index (χ4v) is 2.61. The fraction of sp³-hybridized carbons (Fsp3) is 0.600. The van der Waals surface area contributed by atoms with E-state index >= 15 is 0 Å². The number of hydrazine groups is 1. The maximum absolute atomic E-state index is 5.81. The number of benzene rings is 1. The van der Waals surface area contributed by atoms with Gasteiger partial charge < -0.3 is 4.74 Å². The van der Waals surface area contributed by atoms with Crippen molar-refractivity contribution in [1.82, 2.24) is 5.43 Å². The topological polar surface area (TPSA) is 47.3 Å². The Bertz CT molecular complexity index is 375. The lowest BCUT2D eigenvalue weighted by Crippen LogP contribution is -2.38. The Morgan fingerprint density at radius 3 is 2.28 bits per heavy atom. The highest BCUT2D eigenvalue weighted by molar-refractivity contribution is 5.27. The smallest absolute Gasteiger partial charge is 0.0808 e. The van der Waals surface area contributed by atoms with Gasteiger partial charge in [0.2, 0.25) is 0 Å². The number of rotatable bonds is 4. The van der Waals surface area contributed by atoms with Crippen LogP contribution < -0.4 is 11.3 Å². The van der Waals surface area contributed by atoms with E-state index in [2.05, 4.69) is 50.5 Å². The van der Waals surface area contributed by atoms with Crippen molar-refractivity contribution in [2.75, 3.05) is 6.61 Å². The average Bonchev–Trinajstić information content (AvgIpc) is 2.78. The van der Waals surface area contributed by atoms with Gasteiger partial charge in [-0.15, -0.1) is 0 Å². The second kappa shape index (κ2) is 5.83. The first-order chi connectivity index (χ1) is 8.63. The van der Waals surface area contributed by atoms with Gasteiger partial charge in [0, 0.05) is 6.61 Å². The lowest BCUT2D eigenvalue weighted by molar-refractivity contribution is 0.0607. The summed E-state index contributed by atoms with van der Waals surface area (Å²) in [5.41, 5.74) is 5.48. The van der Waals surface area contributed by atoms with Crippen molar-refractivity contribution in [3.8, 4) is 0 Å². The van der Waals surface area contributed by atoms with Gasteiger partial charge in [0.05, 0.1) is 12.1 Å². The Morgan fingerprint density at radius 2 is 1.83 bits per heavy atom. The van der Waals surface area contributed by atoms with E-state index < -0.39 is 0 Å². The van der Waals surface area contributed by atoms with Gasteiger partial charge >= 0.3 is 0 Å².